The number of carbonyl (C=O) groups is 1. The lowest BCUT2D eigenvalue weighted by molar-refractivity contribution is -0.141. The molecule has 1 aromatic heterocycles. The Bertz CT molecular complexity index is 1170. The van der Waals surface area contributed by atoms with Crippen LogP contribution in [0.4, 0.5) is 4.39 Å². The van der Waals surface area contributed by atoms with Crippen LogP contribution < -0.4 is 5.56 Å². The van der Waals surface area contributed by atoms with E-state index in [1.807, 2.05) is 26.8 Å². The van der Waals surface area contributed by atoms with Crippen LogP contribution in [0.3, 0.4) is 0 Å². The first-order valence-corrected chi connectivity index (χ1v) is 11.9. The second-order valence-corrected chi connectivity index (χ2v) is 9.27. The zero-order valence-electron chi connectivity index (χ0n) is 19.6. The number of unbranched alkanes of at least 4 members (excludes halogenated alkanes) is 2. The van der Waals surface area contributed by atoms with Gasteiger partial charge in [0.2, 0.25) is 5.91 Å². The first-order valence-electron chi connectivity index (χ1n) is 11.4. The van der Waals surface area contributed by atoms with Crippen molar-refractivity contribution >= 4 is 28.4 Å². The van der Waals surface area contributed by atoms with Crippen molar-refractivity contribution in [2.45, 2.75) is 53.0 Å². The number of nitrogens with zero attached hydrogens (tertiary/aromatic N) is 3. The Hall–Kier alpha value is -2.73. The van der Waals surface area contributed by atoms with Crippen molar-refractivity contribution in [1.82, 2.24) is 14.5 Å². The molecule has 0 saturated heterocycles. The van der Waals surface area contributed by atoms with Gasteiger partial charge < -0.3 is 4.90 Å². The molecule has 0 radical (unpaired) electrons. The largest absolute Gasteiger partial charge is 0.332 e. The first-order chi connectivity index (χ1) is 15.7. The predicted octanol–water partition coefficient (Wildman–Crippen LogP) is 5.87. The molecule has 2 aromatic carbocycles. The maximum Gasteiger partial charge on any atom is 0.266 e. The molecule has 1 heterocycles. The standard InChI is InChI=1S/C26H31ClFN3O2/c1-5-6-9-16-30(25(33)26(3,4)17-27)18(2)23-29-22-11-8-7-10-21(22)24(32)31(23)20-14-12-19(28)13-15-20/h7-8,10-15,18H,5-6,9,16-17H2,1-4H3. The highest BCUT2D eigenvalue weighted by molar-refractivity contribution is 6.19. The molecule has 5 nitrogen and oxygen atoms in total. The van der Waals surface area contributed by atoms with Crippen LogP contribution in [0.25, 0.3) is 16.6 Å². The minimum Gasteiger partial charge on any atom is -0.332 e. The molecular formula is C26H31ClFN3O2. The fraction of sp³-hybridized carbons (Fsp3) is 0.423. The van der Waals surface area contributed by atoms with Crippen molar-refractivity contribution < 1.29 is 9.18 Å². The summed E-state index contributed by atoms with van der Waals surface area (Å²) in [4.78, 5) is 33.7. The normalized spacial score (nSPS) is 12.7. The average molecular weight is 472 g/mol. The molecule has 0 saturated carbocycles. The van der Waals surface area contributed by atoms with Crippen LogP contribution in [0, 0.1) is 11.2 Å². The van der Waals surface area contributed by atoms with Crippen molar-refractivity contribution in [3.8, 4) is 5.69 Å². The van der Waals surface area contributed by atoms with Gasteiger partial charge in [-0.3, -0.25) is 14.2 Å². The summed E-state index contributed by atoms with van der Waals surface area (Å²) >= 11 is 6.14. The van der Waals surface area contributed by atoms with E-state index in [9.17, 15) is 14.0 Å². The van der Waals surface area contributed by atoms with Crippen LogP contribution in [-0.2, 0) is 4.79 Å². The lowest BCUT2D eigenvalue weighted by atomic mass is 9.93. The zero-order chi connectivity index (χ0) is 24.2. The summed E-state index contributed by atoms with van der Waals surface area (Å²) in [6.07, 6.45) is 2.83. The molecule has 7 heteroatoms. The Morgan fingerprint density at radius 1 is 1.15 bits per heavy atom. The smallest absolute Gasteiger partial charge is 0.266 e. The number of hydrogen-bond donors (Lipinski definition) is 0. The number of para-hydroxylation sites is 1. The number of alkyl halides is 1. The number of aromatic nitrogens is 2. The van der Waals surface area contributed by atoms with E-state index in [0.717, 1.165) is 19.3 Å². The van der Waals surface area contributed by atoms with E-state index in [1.54, 1.807) is 35.2 Å². The van der Waals surface area contributed by atoms with Crippen molar-refractivity contribution in [3.05, 3.63) is 70.5 Å². The van der Waals surface area contributed by atoms with Gasteiger partial charge in [0, 0.05) is 12.4 Å². The summed E-state index contributed by atoms with van der Waals surface area (Å²) in [5.41, 5.74) is 0.0332. The minimum absolute atomic E-state index is 0.0887. The molecule has 33 heavy (non-hydrogen) atoms. The van der Waals surface area contributed by atoms with Gasteiger partial charge >= 0.3 is 0 Å². The molecule has 0 aliphatic heterocycles. The third kappa shape index (κ3) is 5.27. The summed E-state index contributed by atoms with van der Waals surface area (Å²) < 4.78 is 15.1. The van der Waals surface area contributed by atoms with Gasteiger partial charge in [0.05, 0.1) is 28.0 Å². The average Bonchev–Trinajstić information content (AvgIpc) is 2.82. The van der Waals surface area contributed by atoms with Crippen molar-refractivity contribution in [1.29, 1.82) is 0 Å². The molecule has 176 valence electrons. The van der Waals surface area contributed by atoms with Gasteiger partial charge in [0.1, 0.15) is 11.6 Å². The first kappa shape index (κ1) is 24.9. The van der Waals surface area contributed by atoms with E-state index in [-0.39, 0.29) is 17.3 Å². The van der Waals surface area contributed by atoms with E-state index in [4.69, 9.17) is 16.6 Å². The molecular weight excluding hydrogens is 441 g/mol. The Kier molecular flexibility index (Phi) is 7.90. The Balaban J connectivity index is 2.21. The third-order valence-corrected chi connectivity index (χ3v) is 6.57. The molecule has 0 aliphatic rings. The molecule has 0 aliphatic carbocycles. The second-order valence-electron chi connectivity index (χ2n) is 9.00. The Morgan fingerprint density at radius 3 is 2.45 bits per heavy atom. The lowest BCUT2D eigenvalue weighted by Gasteiger charge is -2.35. The van der Waals surface area contributed by atoms with Crippen LogP contribution in [0.15, 0.2) is 53.3 Å². The second kappa shape index (κ2) is 10.5. The predicted molar refractivity (Wildman–Crippen MR) is 131 cm³/mol. The van der Waals surface area contributed by atoms with Crippen molar-refractivity contribution in [2.75, 3.05) is 12.4 Å². The number of halogens is 2. The summed E-state index contributed by atoms with van der Waals surface area (Å²) in [6, 6.07) is 12.3. The van der Waals surface area contributed by atoms with E-state index >= 15 is 0 Å². The number of carbonyl (C=O) groups excluding carboxylic acids is 1. The molecule has 0 fully saturated rings. The van der Waals surface area contributed by atoms with Crippen LogP contribution in [-0.4, -0.2) is 32.8 Å². The van der Waals surface area contributed by atoms with Gasteiger partial charge in [-0.1, -0.05) is 31.9 Å². The molecule has 0 spiro atoms. The number of hydrogen-bond acceptors (Lipinski definition) is 3. The summed E-state index contributed by atoms with van der Waals surface area (Å²) in [6.45, 7) is 8.16. The number of fused-ring (bicyclic) bond motifs is 1. The molecule has 1 amide bonds. The molecule has 0 bridgehead atoms. The van der Waals surface area contributed by atoms with E-state index in [2.05, 4.69) is 6.92 Å². The maximum atomic E-state index is 13.6. The van der Waals surface area contributed by atoms with Gasteiger partial charge in [0.25, 0.3) is 5.56 Å². The van der Waals surface area contributed by atoms with Crippen LogP contribution in [0.1, 0.15) is 58.8 Å². The highest BCUT2D eigenvalue weighted by atomic mass is 35.5. The van der Waals surface area contributed by atoms with E-state index in [0.29, 0.717) is 29.0 Å². The summed E-state index contributed by atoms with van der Waals surface area (Å²) in [7, 11) is 0. The minimum atomic E-state index is -0.764. The van der Waals surface area contributed by atoms with Crippen molar-refractivity contribution in [3.63, 3.8) is 0 Å². The van der Waals surface area contributed by atoms with Gasteiger partial charge in [-0.2, -0.15) is 0 Å². The SMILES string of the molecule is CCCCCN(C(=O)C(C)(C)CCl)C(C)c1nc2ccccc2c(=O)n1-c1ccc(F)cc1. The zero-order valence-corrected chi connectivity index (χ0v) is 20.4. The maximum absolute atomic E-state index is 13.6. The fourth-order valence-electron chi connectivity index (χ4n) is 3.86. The van der Waals surface area contributed by atoms with Crippen LogP contribution >= 0.6 is 11.6 Å². The monoisotopic (exact) mass is 471 g/mol. The molecule has 1 unspecified atom stereocenters. The van der Waals surface area contributed by atoms with Gasteiger partial charge in [-0.25, -0.2) is 9.37 Å². The fourth-order valence-corrected chi connectivity index (χ4v) is 3.97. The molecule has 1 atom stereocenters. The number of rotatable bonds is 9. The molecule has 3 rings (SSSR count). The Labute approximate surface area is 199 Å². The Morgan fingerprint density at radius 2 is 1.82 bits per heavy atom. The van der Waals surface area contributed by atoms with Crippen molar-refractivity contribution in [2.24, 2.45) is 5.41 Å². The quantitative estimate of drug-likeness (QED) is 0.289. The van der Waals surface area contributed by atoms with E-state index < -0.39 is 17.3 Å². The highest BCUT2D eigenvalue weighted by Gasteiger charge is 2.35. The summed E-state index contributed by atoms with van der Waals surface area (Å²) in [5.74, 6) is 0.128. The number of benzene rings is 2. The number of amides is 1. The highest BCUT2D eigenvalue weighted by Crippen LogP contribution is 2.29. The van der Waals surface area contributed by atoms with Crippen LogP contribution in [0.5, 0.6) is 0 Å². The molecule has 0 N–H and O–H groups in total. The van der Waals surface area contributed by atoms with E-state index in [1.165, 1.54) is 16.7 Å². The summed E-state index contributed by atoms with van der Waals surface area (Å²) in [5, 5.41) is 0.461. The lowest BCUT2D eigenvalue weighted by Crippen LogP contribution is -2.45. The third-order valence-electron chi connectivity index (χ3n) is 5.90. The van der Waals surface area contributed by atoms with Gasteiger partial charge in [-0.15, -0.1) is 11.6 Å². The van der Waals surface area contributed by atoms with Gasteiger partial charge in [-0.05, 0) is 63.6 Å². The molecule has 3 aromatic rings. The van der Waals surface area contributed by atoms with Crippen LogP contribution in [0.2, 0.25) is 0 Å². The van der Waals surface area contributed by atoms with Gasteiger partial charge in [0.15, 0.2) is 0 Å². The topological polar surface area (TPSA) is 55.2 Å².